The SMILES string of the molecule is CNCCC(C)c1ccc(-c2ccc(Cl)cc2)cc1. The molecule has 1 nitrogen and oxygen atoms in total. The van der Waals surface area contributed by atoms with Crippen molar-refractivity contribution in [2.75, 3.05) is 13.6 Å². The Labute approximate surface area is 120 Å². The van der Waals surface area contributed by atoms with Crippen LogP contribution >= 0.6 is 11.6 Å². The second-order valence-electron chi connectivity index (χ2n) is 4.92. The molecular formula is C17H20ClN. The summed E-state index contributed by atoms with van der Waals surface area (Å²) in [5.74, 6) is 0.590. The van der Waals surface area contributed by atoms with Crippen molar-refractivity contribution in [1.29, 1.82) is 0 Å². The van der Waals surface area contributed by atoms with E-state index in [0.717, 1.165) is 18.0 Å². The van der Waals surface area contributed by atoms with Gasteiger partial charge in [0.15, 0.2) is 0 Å². The summed E-state index contributed by atoms with van der Waals surface area (Å²) in [6.07, 6.45) is 1.16. The van der Waals surface area contributed by atoms with E-state index in [2.05, 4.69) is 48.6 Å². The Morgan fingerprint density at radius 2 is 1.47 bits per heavy atom. The van der Waals surface area contributed by atoms with Crippen LogP contribution in [0.4, 0.5) is 0 Å². The van der Waals surface area contributed by atoms with Gasteiger partial charge in [0.25, 0.3) is 0 Å². The summed E-state index contributed by atoms with van der Waals surface area (Å²) >= 11 is 5.91. The summed E-state index contributed by atoms with van der Waals surface area (Å²) in [6, 6.07) is 16.8. The molecule has 2 aromatic carbocycles. The maximum Gasteiger partial charge on any atom is 0.0406 e. The van der Waals surface area contributed by atoms with Crippen molar-refractivity contribution in [3.05, 3.63) is 59.1 Å². The van der Waals surface area contributed by atoms with Crippen LogP contribution in [0.5, 0.6) is 0 Å². The summed E-state index contributed by atoms with van der Waals surface area (Å²) < 4.78 is 0. The molecule has 0 radical (unpaired) electrons. The summed E-state index contributed by atoms with van der Waals surface area (Å²) in [4.78, 5) is 0. The van der Waals surface area contributed by atoms with Gasteiger partial charge in [0.1, 0.15) is 0 Å². The highest BCUT2D eigenvalue weighted by molar-refractivity contribution is 6.30. The molecule has 0 saturated heterocycles. The van der Waals surface area contributed by atoms with Gasteiger partial charge >= 0.3 is 0 Å². The zero-order valence-electron chi connectivity index (χ0n) is 11.5. The van der Waals surface area contributed by atoms with Crippen molar-refractivity contribution in [1.82, 2.24) is 5.32 Å². The zero-order valence-corrected chi connectivity index (χ0v) is 12.2. The lowest BCUT2D eigenvalue weighted by Gasteiger charge is -2.12. The van der Waals surface area contributed by atoms with Gasteiger partial charge in [-0.05, 0) is 54.8 Å². The molecule has 0 aliphatic rings. The van der Waals surface area contributed by atoms with Gasteiger partial charge in [0, 0.05) is 5.02 Å². The molecule has 1 atom stereocenters. The molecule has 0 heterocycles. The van der Waals surface area contributed by atoms with E-state index in [4.69, 9.17) is 11.6 Å². The molecule has 2 heteroatoms. The lowest BCUT2D eigenvalue weighted by Crippen LogP contribution is -2.10. The minimum Gasteiger partial charge on any atom is -0.320 e. The lowest BCUT2D eigenvalue weighted by molar-refractivity contribution is 0.636. The van der Waals surface area contributed by atoms with Gasteiger partial charge in [0.05, 0.1) is 0 Å². The first-order chi connectivity index (χ1) is 9.20. The summed E-state index contributed by atoms with van der Waals surface area (Å²) in [5, 5.41) is 3.98. The van der Waals surface area contributed by atoms with Gasteiger partial charge in [-0.2, -0.15) is 0 Å². The van der Waals surface area contributed by atoms with Gasteiger partial charge in [-0.3, -0.25) is 0 Å². The summed E-state index contributed by atoms with van der Waals surface area (Å²) in [5.41, 5.74) is 3.84. The number of benzene rings is 2. The third-order valence-corrected chi connectivity index (χ3v) is 3.74. The quantitative estimate of drug-likeness (QED) is 0.831. The second-order valence-corrected chi connectivity index (χ2v) is 5.36. The first kappa shape index (κ1) is 14.1. The van der Waals surface area contributed by atoms with Crippen molar-refractivity contribution < 1.29 is 0 Å². The molecule has 19 heavy (non-hydrogen) atoms. The molecule has 0 aromatic heterocycles. The van der Waals surface area contributed by atoms with Crippen LogP contribution in [0.15, 0.2) is 48.5 Å². The molecule has 1 N–H and O–H groups in total. The first-order valence-electron chi connectivity index (χ1n) is 6.71. The highest BCUT2D eigenvalue weighted by Crippen LogP contribution is 2.25. The van der Waals surface area contributed by atoms with Crippen LogP contribution in [-0.4, -0.2) is 13.6 Å². The van der Waals surface area contributed by atoms with Crippen LogP contribution in [0.25, 0.3) is 11.1 Å². The minimum absolute atomic E-state index is 0.590. The molecule has 0 aliphatic heterocycles. The number of hydrogen-bond acceptors (Lipinski definition) is 1. The van der Waals surface area contributed by atoms with Gasteiger partial charge in [0.2, 0.25) is 0 Å². The normalized spacial score (nSPS) is 12.4. The Kier molecular flexibility index (Phi) is 5.00. The topological polar surface area (TPSA) is 12.0 Å². The van der Waals surface area contributed by atoms with Crippen LogP contribution in [0.2, 0.25) is 5.02 Å². The highest BCUT2D eigenvalue weighted by Gasteiger charge is 2.05. The summed E-state index contributed by atoms with van der Waals surface area (Å²) in [7, 11) is 2.00. The van der Waals surface area contributed by atoms with Crippen molar-refractivity contribution in [3.8, 4) is 11.1 Å². The average molecular weight is 274 g/mol. The van der Waals surface area contributed by atoms with E-state index in [-0.39, 0.29) is 0 Å². The number of nitrogens with one attached hydrogen (secondary N) is 1. The van der Waals surface area contributed by atoms with Crippen molar-refractivity contribution in [2.24, 2.45) is 0 Å². The maximum atomic E-state index is 5.91. The van der Waals surface area contributed by atoms with Gasteiger partial charge < -0.3 is 5.32 Å². The lowest BCUT2D eigenvalue weighted by atomic mass is 9.95. The number of halogens is 1. The third kappa shape index (κ3) is 3.82. The Morgan fingerprint density at radius 3 is 2.00 bits per heavy atom. The molecule has 1 unspecified atom stereocenters. The Bertz CT molecular complexity index is 502. The zero-order chi connectivity index (χ0) is 13.7. The predicted octanol–water partition coefficient (Wildman–Crippen LogP) is 4.72. The molecule has 0 saturated carbocycles. The van der Waals surface area contributed by atoms with Crippen molar-refractivity contribution in [2.45, 2.75) is 19.3 Å². The van der Waals surface area contributed by atoms with E-state index < -0.39 is 0 Å². The molecule has 0 spiro atoms. The average Bonchev–Trinajstić information content (AvgIpc) is 2.46. The molecular weight excluding hydrogens is 254 g/mol. The van der Waals surface area contributed by atoms with Gasteiger partial charge in [-0.25, -0.2) is 0 Å². The van der Waals surface area contributed by atoms with E-state index >= 15 is 0 Å². The fraction of sp³-hybridized carbons (Fsp3) is 0.294. The number of rotatable bonds is 5. The van der Waals surface area contributed by atoms with E-state index in [9.17, 15) is 0 Å². The van der Waals surface area contributed by atoms with Crippen LogP contribution in [-0.2, 0) is 0 Å². The van der Waals surface area contributed by atoms with E-state index in [1.165, 1.54) is 16.7 Å². The summed E-state index contributed by atoms with van der Waals surface area (Å²) in [6.45, 7) is 3.33. The Balaban J connectivity index is 2.11. The Morgan fingerprint density at radius 1 is 0.947 bits per heavy atom. The van der Waals surface area contributed by atoms with Crippen LogP contribution in [0.3, 0.4) is 0 Å². The molecule has 0 fully saturated rings. The molecule has 2 aromatic rings. The van der Waals surface area contributed by atoms with Gasteiger partial charge in [-0.15, -0.1) is 0 Å². The number of hydrogen-bond donors (Lipinski definition) is 1. The van der Waals surface area contributed by atoms with Crippen molar-refractivity contribution in [3.63, 3.8) is 0 Å². The first-order valence-corrected chi connectivity index (χ1v) is 7.09. The smallest absolute Gasteiger partial charge is 0.0406 e. The molecule has 0 amide bonds. The van der Waals surface area contributed by atoms with E-state index in [1.807, 2.05) is 19.2 Å². The standard InChI is InChI=1S/C17H20ClN/c1-13(11-12-19-2)14-3-5-15(6-4-14)16-7-9-17(18)10-8-16/h3-10,13,19H,11-12H2,1-2H3. The molecule has 100 valence electrons. The monoisotopic (exact) mass is 273 g/mol. The van der Waals surface area contributed by atoms with E-state index in [1.54, 1.807) is 0 Å². The van der Waals surface area contributed by atoms with Crippen molar-refractivity contribution >= 4 is 11.6 Å². The molecule has 0 aliphatic carbocycles. The second kappa shape index (κ2) is 6.74. The third-order valence-electron chi connectivity index (χ3n) is 3.48. The van der Waals surface area contributed by atoms with Crippen LogP contribution < -0.4 is 5.32 Å². The molecule has 2 rings (SSSR count). The fourth-order valence-corrected chi connectivity index (χ4v) is 2.30. The largest absolute Gasteiger partial charge is 0.320 e. The fourth-order valence-electron chi connectivity index (χ4n) is 2.17. The van der Waals surface area contributed by atoms with Gasteiger partial charge in [-0.1, -0.05) is 54.9 Å². The molecule has 0 bridgehead atoms. The van der Waals surface area contributed by atoms with E-state index in [0.29, 0.717) is 5.92 Å². The maximum absolute atomic E-state index is 5.91. The van der Waals surface area contributed by atoms with Crippen LogP contribution in [0.1, 0.15) is 24.8 Å². The Hall–Kier alpha value is -1.31. The van der Waals surface area contributed by atoms with Crippen LogP contribution in [0, 0.1) is 0 Å². The minimum atomic E-state index is 0.590. The highest BCUT2D eigenvalue weighted by atomic mass is 35.5. The predicted molar refractivity (Wildman–Crippen MR) is 83.8 cm³/mol.